The normalized spacial score (nSPS) is 35.4. The second-order valence-electron chi connectivity index (χ2n) is 4.27. The van der Waals surface area contributed by atoms with Crippen LogP contribution in [0.5, 0.6) is 0 Å². The number of rotatable bonds is 1. The second kappa shape index (κ2) is 3.66. The van der Waals surface area contributed by atoms with Crippen molar-refractivity contribution < 1.29 is 9.90 Å². The predicted octanol–water partition coefficient (Wildman–Crippen LogP) is 1.34. The van der Waals surface area contributed by atoms with Crippen molar-refractivity contribution in [2.45, 2.75) is 38.1 Å². The first-order chi connectivity index (χ1) is 6.27. The van der Waals surface area contributed by atoms with Gasteiger partial charge in [0.2, 0.25) is 0 Å². The number of fused-ring (bicyclic) bond motifs is 1. The van der Waals surface area contributed by atoms with Crippen molar-refractivity contribution in [3.63, 3.8) is 0 Å². The molecule has 2 aliphatic rings. The largest absolute Gasteiger partial charge is 0.481 e. The third-order valence-electron chi connectivity index (χ3n) is 3.36. The average Bonchev–Trinajstić information content (AvgIpc) is 2.38. The summed E-state index contributed by atoms with van der Waals surface area (Å²) in [5.41, 5.74) is 0. The molecular formula is C10H17NO2. The minimum atomic E-state index is -0.604. The summed E-state index contributed by atoms with van der Waals surface area (Å²) in [5, 5.41) is 8.90. The molecule has 0 bridgehead atoms. The highest BCUT2D eigenvalue weighted by Gasteiger charge is 2.35. The molecule has 2 rings (SSSR count). The van der Waals surface area contributed by atoms with Gasteiger partial charge in [-0.2, -0.15) is 0 Å². The maximum absolute atomic E-state index is 10.8. The summed E-state index contributed by atoms with van der Waals surface area (Å²) in [7, 11) is 0. The molecule has 74 valence electrons. The van der Waals surface area contributed by atoms with Crippen LogP contribution in [-0.4, -0.2) is 35.1 Å². The lowest BCUT2D eigenvalue weighted by molar-refractivity contribution is -0.141. The molecule has 2 saturated heterocycles. The van der Waals surface area contributed by atoms with Crippen LogP contribution in [0.2, 0.25) is 0 Å². The van der Waals surface area contributed by atoms with E-state index in [1.165, 1.54) is 25.7 Å². The van der Waals surface area contributed by atoms with Crippen molar-refractivity contribution in [2.24, 2.45) is 5.92 Å². The fraction of sp³-hybridized carbons (Fsp3) is 0.900. The van der Waals surface area contributed by atoms with Gasteiger partial charge < -0.3 is 5.11 Å². The maximum Gasteiger partial charge on any atom is 0.307 e. The van der Waals surface area contributed by atoms with E-state index in [0.29, 0.717) is 6.04 Å². The zero-order valence-corrected chi connectivity index (χ0v) is 7.91. The van der Waals surface area contributed by atoms with E-state index in [1.54, 1.807) is 0 Å². The molecule has 0 saturated carbocycles. The smallest absolute Gasteiger partial charge is 0.307 e. The molecule has 2 aliphatic heterocycles. The zero-order valence-electron chi connectivity index (χ0n) is 7.91. The summed E-state index contributed by atoms with van der Waals surface area (Å²) in [5.74, 6) is -0.698. The molecule has 2 unspecified atom stereocenters. The van der Waals surface area contributed by atoms with E-state index in [0.717, 1.165) is 19.5 Å². The van der Waals surface area contributed by atoms with Crippen molar-refractivity contribution in [3.05, 3.63) is 0 Å². The molecule has 0 aromatic rings. The number of carboxylic acid groups (broad SMARTS) is 1. The molecule has 0 aliphatic carbocycles. The molecule has 2 heterocycles. The molecule has 3 heteroatoms. The number of nitrogens with zero attached hydrogens (tertiary/aromatic N) is 1. The van der Waals surface area contributed by atoms with Crippen LogP contribution in [-0.2, 0) is 4.79 Å². The first-order valence-electron chi connectivity index (χ1n) is 5.24. The molecular weight excluding hydrogens is 166 g/mol. The van der Waals surface area contributed by atoms with E-state index >= 15 is 0 Å². The van der Waals surface area contributed by atoms with Gasteiger partial charge in [0.25, 0.3) is 0 Å². The van der Waals surface area contributed by atoms with Gasteiger partial charge in [0.15, 0.2) is 0 Å². The lowest BCUT2D eigenvalue weighted by atomic mass is 10.0. The van der Waals surface area contributed by atoms with Crippen LogP contribution in [0.4, 0.5) is 0 Å². The molecule has 0 radical (unpaired) electrons. The van der Waals surface area contributed by atoms with Crippen LogP contribution in [0.25, 0.3) is 0 Å². The van der Waals surface area contributed by atoms with E-state index < -0.39 is 5.97 Å². The highest BCUT2D eigenvalue weighted by molar-refractivity contribution is 5.70. The Morgan fingerprint density at radius 3 is 2.92 bits per heavy atom. The molecule has 0 amide bonds. The van der Waals surface area contributed by atoms with Gasteiger partial charge in [0.05, 0.1) is 5.92 Å². The van der Waals surface area contributed by atoms with Crippen molar-refractivity contribution in [2.75, 3.05) is 13.1 Å². The highest BCUT2D eigenvalue weighted by Crippen LogP contribution is 2.29. The average molecular weight is 183 g/mol. The fourth-order valence-corrected chi connectivity index (χ4v) is 2.61. The van der Waals surface area contributed by atoms with Gasteiger partial charge in [0.1, 0.15) is 0 Å². The molecule has 3 nitrogen and oxygen atoms in total. The van der Waals surface area contributed by atoms with E-state index in [9.17, 15) is 4.79 Å². The van der Waals surface area contributed by atoms with Gasteiger partial charge in [-0.05, 0) is 25.8 Å². The SMILES string of the molecule is O=C(O)C1CC2CCCCCN2C1. The summed E-state index contributed by atoms with van der Waals surface area (Å²) in [6.45, 7) is 1.91. The van der Waals surface area contributed by atoms with Gasteiger partial charge in [-0.15, -0.1) is 0 Å². The van der Waals surface area contributed by atoms with E-state index in [2.05, 4.69) is 4.90 Å². The van der Waals surface area contributed by atoms with Gasteiger partial charge in [-0.1, -0.05) is 12.8 Å². The van der Waals surface area contributed by atoms with E-state index in [4.69, 9.17) is 5.11 Å². The minimum absolute atomic E-state index is 0.0944. The Balaban J connectivity index is 1.97. The van der Waals surface area contributed by atoms with Crippen molar-refractivity contribution in [1.29, 1.82) is 0 Å². The van der Waals surface area contributed by atoms with Crippen LogP contribution in [0, 0.1) is 5.92 Å². The molecule has 13 heavy (non-hydrogen) atoms. The van der Waals surface area contributed by atoms with Crippen molar-refractivity contribution in [3.8, 4) is 0 Å². The Hall–Kier alpha value is -0.570. The van der Waals surface area contributed by atoms with Crippen LogP contribution in [0.15, 0.2) is 0 Å². The fourth-order valence-electron chi connectivity index (χ4n) is 2.61. The van der Waals surface area contributed by atoms with Gasteiger partial charge >= 0.3 is 5.97 Å². The van der Waals surface area contributed by atoms with Crippen LogP contribution in [0.1, 0.15) is 32.1 Å². The quantitative estimate of drug-likeness (QED) is 0.666. The standard InChI is InChI=1S/C10H17NO2/c12-10(13)8-6-9-4-2-1-3-5-11(9)7-8/h8-9H,1-7H2,(H,12,13). The number of carboxylic acids is 1. The van der Waals surface area contributed by atoms with Crippen LogP contribution < -0.4 is 0 Å². The molecule has 0 aromatic heterocycles. The van der Waals surface area contributed by atoms with E-state index in [1.807, 2.05) is 0 Å². The monoisotopic (exact) mass is 183 g/mol. The summed E-state index contributed by atoms with van der Waals surface area (Å²) in [4.78, 5) is 13.2. The Morgan fingerprint density at radius 1 is 1.31 bits per heavy atom. The summed E-state index contributed by atoms with van der Waals surface area (Å²) < 4.78 is 0. The summed E-state index contributed by atoms with van der Waals surface area (Å²) in [6, 6.07) is 0.573. The summed E-state index contributed by atoms with van der Waals surface area (Å²) in [6.07, 6.45) is 5.96. The number of hydrogen-bond donors (Lipinski definition) is 1. The molecule has 2 atom stereocenters. The lowest BCUT2D eigenvalue weighted by Gasteiger charge is -2.20. The highest BCUT2D eigenvalue weighted by atomic mass is 16.4. The maximum atomic E-state index is 10.8. The molecule has 0 aromatic carbocycles. The van der Waals surface area contributed by atoms with Gasteiger partial charge in [0, 0.05) is 12.6 Å². The predicted molar refractivity (Wildman–Crippen MR) is 49.6 cm³/mol. The minimum Gasteiger partial charge on any atom is -0.481 e. The van der Waals surface area contributed by atoms with Crippen LogP contribution >= 0.6 is 0 Å². The third-order valence-corrected chi connectivity index (χ3v) is 3.36. The van der Waals surface area contributed by atoms with Gasteiger partial charge in [-0.25, -0.2) is 0 Å². The van der Waals surface area contributed by atoms with Gasteiger partial charge in [-0.3, -0.25) is 9.69 Å². The lowest BCUT2D eigenvalue weighted by Crippen LogP contribution is -2.29. The summed E-state index contributed by atoms with van der Waals surface area (Å²) >= 11 is 0. The molecule has 0 spiro atoms. The Morgan fingerprint density at radius 2 is 2.15 bits per heavy atom. The Bertz CT molecular complexity index is 191. The van der Waals surface area contributed by atoms with Crippen molar-refractivity contribution >= 4 is 5.97 Å². The first-order valence-corrected chi connectivity index (χ1v) is 5.24. The number of carbonyl (C=O) groups is 1. The van der Waals surface area contributed by atoms with E-state index in [-0.39, 0.29) is 5.92 Å². The topological polar surface area (TPSA) is 40.5 Å². The first kappa shape index (κ1) is 9.00. The van der Waals surface area contributed by atoms with Crippen molar-refractivity contribution in [1.82, 2.24) is 4.90 Å². The molecule has 1 N–H and O–H groups in total. The second-order valence-corrected chi connectivity index (χ2v) is 4.27. The third kappa shape index (κ3) is 1.85. The Kier molecular flexibility index (Phi) is 2.54. The van der Waals surface area contributed by atoms with Crippen LogP contribution in [0.3, 0.4) is 0 Å². The Labute approximate surface area is 78.7 Å². The number of hydrogen-bond acceptors (Lipinski definition) is 2. The molecule has 2 fully saturated rings. The number of aliphatic carboxylic acids is 1. The zero-order chi connectivity index (χ0) is 9.26.